The molecule has 0 spiro atoms. The Morgan fingerprint density at radius 2 is 1.59 bits per heavy atom. The van der Waals surface area contributed by atoms with Gasteiger partial charge in [0.1, 0.15) is 6.61 Å². The lowest BCUT2D eigenvalue weighted by Crippen LogP contribution is -2.50. The van der Waals surface area contributed by atoms with Crippen LogP contribution in [-0.4, -0.2) is 35.9 Å². The van der Waals surface area contributed by atoms with E-state index in [2.05, 4.69) is 10.6 Å². The first kappa shape index (κ1) is 21.3. The molecule has 1 aliphatic rings. The van der Waals surface area contributed by atoms with E-state index < -0.39 is 18.2 Å². The van der Waals surface area contributed by atoms with Crippen LogP contribution in [0.2, 0.25) is 0 Å². The molecule has 1 saturated carbocycles. The quantitative estimate of drug-likeness (QED) is 0.603. The number of aliphatic hydroxyl groups excluding tert-OH is 1. The van der Waals surface area contributed by atoms with Gasteiger partial charge in [0.25, 0.3) is 0 Å². The van der Waals surface area contributed by atoms with Crippen LogP contribution in [-0.2, 0) is 17.8 Å². The predicted octanol–water partition coefficient (Wildman–Crippen LogP) is 3.81. The number of ether oxygens (including phenoxy) is 1. The Hall–Kier alpha value is -2.37. The van der Waals surface area contributed by atoms with E-state index in [0.29, 0.717) is 19.0 Å². The summed E-state index contributed by atoms with van der Waals surface area (Å²) in [6, 6.07) is 19.5. The van der Waals surface area contributed by atoms with Gasteiger partial charge in [-0.3, -0.25) is 0 Å². The van der Waals surface area contributed by atoms with Gasteiger partial charge in [0.05, 0.1) is 12.1 Å². The zero-order valence-corrected chi connectivity index (χ0v) is 16.9. The minimum Gasteiger partial charge on any atom is -0.445 e. The van der Waals surface area contributed by atoms with Gasteiger partial charge < -0.3 is 20.5 Å². The van der Waals surface area contributed by atoms with E-state index in [1.807, 2.05) is 60.7 Å². The molecule has 0 heterocycles. The van der Waals surface area contributed by atoms with Gasteiger partial charge in [-0.05, 0) is 30.4 Å². The van der Waals surface area contributed by atoms with Gasteiger partial charge in [0.2, 0.25) is 0 Å². The average molecular weight is 397 g/mol. The molecule has 0 aromatic heterocycles. The summed E-state index contributed by atoms with van der Waals surface area (Å²) < 4.78 is 5.36. The SMILES string of the molecule is O=C(N[C@@H](Cc1ccccc1)[C@H](O)CNC1CCCCC1)OCc1ccccc1. The summed E-state index contributed by atoms with van der Waals surface area (Å²) in [5, 5.41) is 17.2. The van der Waals surface area contributed by atoms with Crippen LogP contribution in [0.4, 0.5) is 4.79 Å². The molecule has 29 heavy (non-hydrogen) atoms. The highest BCUT2D eigenvalue weighted by atomic mass is 16.5. The molecule has 5 nitrogen and oxygen atoms in total. The number of carbonyl (C=O) groups is 1. The lowest BCUT2D eigenvalue weighted by molar-refractivity contribution is 0.0977. The Morgan fingerprint density at radius 3 is 2.24 bits per heavy atom. The van der Waals surface area contributed by atoms with Gasteiger partial charge in [-0.1, -0.05) is 79.9 Å². The Balaban J connectivity index is 1.54. The maximum Gasteiger partial charge on any atom is 0.407 e. The van der Waals surface area contributed by atoms with E-state index in [-0.39, 0.29) is 6.61 Å². The molecule has 0 unspecified atom stereocenters. The van der Waals surface area contributed by atoms with E-state index in [4.69, 9.17) is 4.74 Å². The maximum absolute atomic E-state index is 12.4. The third-order valence-corrected chi connectivity index (χ3v) is 5.50. The summed E-state index contributed by atoms with van der Waals surface area (Å²) in [4.78, 5) is 12.4. The molecule has 2 aromatic rings. The molecule has 0 bridgehead atoms. The second-order valence-corrected chi connectivity index (χ2v) is 7.81. The van der Waals surface area contributed by atoms with Crippen molar-refractivity contribution in [1.29, 1.82) is 0 Å². The Labute approximate surface area is 173 Å². The molecule has 1 fully saturated rings. The summed E-state index contributed by atoms with van der Waals surface area (Å²) in [5.41, 5.74) is 2.00. The van der Waals surface area contributed by atoms with Crippen molar-refractivity contribution in [3.63, 3.8) is 0 Å². The number of hydrogen-bond acceptors (Lipinski definition) is 4. The van der Waals surface area contributed by atoms with Crippen molar-refractivity contribution in [2.75, 3.05) is 6.54 Å². The van der Waals surface area contributed by atoms with E-state index in [1.165, 1.54) is 19.3 Å². The largest absolute Gasteiger partial charge is 0.445 e. The fraction of sp³-hybridized carbons (Fsp3) is 0.458. The van der Waals surface area contributed by atoms with Crippen molar-refractivity contribution in [1.82, 2.24) is 10.6 Å². The highest BCUT2D eigenvalue weighted by molar-refractivity contribution is 5.67. The second-order valence-electron chi connectivity index (χ2n) is 7.81. The van der Waals surface area contributed by atoms with Gasteiger partial charge in [0.15, 0.2) is 0 Å². The number of amides is 1. The normalized spacial score (nSPS) is 16.7. The summed E-state index contributed by atoms with van der Waals surface area (Å²) in [5.74, 6) is 0. The molecule has 3 rings (SSSR count). The summed E-state index contributed by atoms with van der Waals surface area (Å²) in [7, 11) is 0. The number of hydrogen-bond donors (Lipinski definition) is 3. The van der Waals surface area contributed by atoms with Gasteiger partial charge in [0, 0.05) is 12.6 Å². The molecule has 156 valence electrons. The number of rotatable bonds is 9. The van der Waals surface area contributed by atoms with Gasteiger partial charge in [-0.2, -0.15) is 0 Å². The lowest BCUT2D eigenvalue weighted by Gasteiger charge is -2.28. The van der Waals surface area contributed by atoms with Crippen molar-refractivity contribution in [3.8, 4) is 0 Å². The van der Waals surface area contributed by atoms with Gasteiger partial charge in [-0.25, -0.2) is 4.79 Å². The molecule has 0 aliphatic heterocycles. The van der Waals surface area contributed by atoms with Gasteiger partial charge >= 0.3 is 6.09 Å². The number of carbonyl (C=O) groups excluding carboxylic acids is 1. The fourth-order valence-corrected chi connectivity index (χ4v) is 3.80. The number of benzene rings is 2. The zero-order valence-electron chi connectivity index (χ0n) is 16.9. The Morgan fingerprint density at radius 1 is 0.966 bits per heavy atom. The number of alkyl carbamates (subject to hydrolysis) is 1. The molecular weight excluding hydrogens is 364 g/mol. The Kier molecular flexibility index (Phi) is 8.53. The molecule has 3 N–H and O–H groups in total. The molecule has 2 aromatic carbocycles. The van der Waals surface area contributed by atoms with Crippen LogP contribution < -0.4 is 10.6 Å². The van der Waals surface area contributed by atoms with Crippen molar-refractivity contribution in [3.05, 3.63) is 71.8 Å². The predicted molar refractivity (Wildman–Crippen MR) is 115 cm³/mol. The maximum atomic E-state index is 12.4. The van der Waals surface area contributed by atoms with E-state index >= 15 is 0 Å². The minimum absolute atomic E-state index is 0.209. The minimum atomic E-state index is -0.693. The monoisotopic (exact) mass is 396 g/mol. The van der Waals surface area contributed by atoms with E-state index in [1.54, 1.807) is 0 Å². The average Bonchev–Trinajstić information content (AvgIpc) is 2.78. The number of aliphatic hydroxyl groups is 1. The van der Waals surface area contributed by atoms with Crippen molar-refractivity contribution in [2.24, 2.45) is 0 Å². The van der Waals surface area contributed by atoms with Crippen LogP contribution >= 0.6 is 0 Å². The Bertz CT molecular complexity index is 717. The summed E-state index contributed by atoms with van der Waals surface area (Å²) >= 11 is 0. The van der Waals surface area contributed by atoms with Crippen LogP contribution in [0, 0.1) is 0 Å². The third-order valence-electron chi connectivity index (χ3n) is 5.50. The molecule has 2 atom stereocenters. The molecule has 0 saturated heterocycles. The third kappa shape index (κ3) is 7.52. The zero-order chi connectivity index (χ0) is 20.3. The van der Waals surface area contributed by atoms with Crippen LogP contribution in [0.3, 0.4) is 0 Å². The van der Waals surface area contributed by atoms with Crippen LogP contribution in [0.15, 0.2) is 60.7 Å². The van der Waals surface area contributed by atoms with E-state index in [9.17, 15) is 9.90 Å². The van der Waals surface area contributed by atoms with E-state index in [0.717, 1.165) is 24.0 Å². The molecule has 1 amide bonds. The lowest BCUT2D eigenvalue weighted by atomic mass is 9.95. The number of nitrogens with one attached hydrogen (secondary N) is 2. The van der Waals surface area contributed by atoms with Crippen LogP contribution in [0.1, 0.15) is 43.2 Å². The van der Waals surface area contributed by atoms with Crippen molar-refractivity contribution >= 4 is 6.09 Å². The second kappa shape index (κ2) is 11.6. The molecule has 5 heteroatoms. The smallest absolute Gasteiger partial charge is 0.407 e. The highest BCUT2D eigenvalue weighted by Crippen LogP contribution is 2.17. The first-order valence-electron chi connectivity index (χ1n) is 10.6. The fourth-order valence-electron chi connectivity index (χ4n) is 3.80. The van der Waals surface area contributed by atoms with Crippen molar-refractivity contribution in [2.45, 2.75) is 63.3 Å². The molecular formula is C24H32N2O3. The van der Waals surface area contributed by atoms with Gasteiger partial charge in [-0.15, -0.1) is 0 Å². The van der Waals surface area contributed by atoms with Crippen LogP contribution in [0.25, 0.3) is 0 Å². The summed E-state index contributed by atoms with van der Waals surface area (Å²) in [6.45, 7) is 0.669. The molecule has 0 radical (unpaired) electrons. The topological polar surface area (TPSA) is 70.6 Å². The molecule has 1 aliphatic carbocycles. The van der Waals surface area contributed by atoms with Crippen molar-refractivity contribution < 1.29 is 14.6 Å². The summed E-state index contributed by atoms with van der Waals surface area (Å²) in [6.07, 6.45) is 5.44. The standard InChI is InChI=1S/C24H32N2O3/c27-23(17-25-21-14-8-3-9-15-21)22(16-19-10-4-1-5-11-19)26-24(28)29-18-20-12-6-2-7-13-20/h1-2,4-7,10-13,21-23,25,27H,3,8-9,14-18H2,(H,26,28)/t22-,23+/m0/s1. The first-order chi connectivity index (χ1) is 14.2. The first-order valence-corrected chi connectivity index (χ1v) is 10.6. The highest BCUT2D eigenvalue weighted by Gasteiger charge is 2.24. The van der Waals surface area contributed by atoms with Crippen LogP contribution in [0.5, 0.6) is 0 Å².